The monoisotopic (exact) mass is 316 g/mol. The number of rotatable bonds is 3. The second kappa shape index (κ2) is 5.76. The molecule has 0 fully saturated rings. The van der Waals surface area contributed by atoms with E-state index >= 15 is 0 Å². The highest BCUT2D eigenvalue weighted by Gasteiger charge is 2.16. The van der Waals surface area contributed by atoms with Gasteiger partial charge in [0.15, 0.2) is 0 Å². The molecule has 1 amide bonds. The maximum Gasteiger partial charge on any atom is 0.263 e. The van der Waals surface area contributed by atoms with Crippen LogP contribution < -0.4 is 11.1 Å². The molecule has 21 heavy (non-hydrogen) atoms. The van der Waals surface area contributed by atoms with Crippen LogP contribution in [0, 0.1) is 0 Å². The second-order valence-electron chi connectivity index (χ2n) is 4.65. The van der Waals surface area contributed by atoms with Gasteiger partial charge in [0.05, 0.1) is 5.69 Å². The Balaban J connectivity index is 1.83. The third-order valence-corrected chi connectivity index (χ3v) is 4.59. The summed E-state index contributed by atoms with van der Waals surface area (Å²) in [5, 5.41) is 4.40. The molecule has 0 aliphatic heterocycles. The molecule has 0 atom stereocenters. The van der Waals surface area contributed by atoms with Crippen molar-refractivity contribution in [2.24, 2.45) is 0 Å². The maximum absolute atomic E-state index is 12.3. The second-order valence-corrected chi connectivity index (χ2v) is 6.14. The van der Waals surface area contributed by atoms with Gasteiger partial charge in [0, 0.05) is 21.7 Å². The quantitative estimate of drug-likeness (QED) is 0.765. The van der Waals surface area contributed by atoms with Crippen molar-refractivity contribution in [3.05, 3.63) is 64.0 Å². The number of thiophene rings is 1. The largest absolute Gasteiger partial charge is 0.397 e. The number of halogens is 1. The van der Waals surface area contributed by atoms with Crippen LogP contribution in [0.1, 0.15) is 15.2 Å². The van der Waals surface area contributed by atoms with Gasteiger partial charge in [-0.3, -0.25) is 4.79 Å². The molecule has 0 bridgehead atoms. The van der Waals surface area contributed by atoms with Crippen molar-refractivity contribution in [2.45, 2.75) is 6.54 Å². The van der Waals surface area contributed by atoms with Gasteiger partial charge in [-0.25, -0.2) is 0 Å². The molecule has 3 aromatic rings. The van der Waals surface area contributed by atoms with Crippen LogP contribution in [0.2, 0.25) is 5.02 Å². The van der Waals surface area contributed by atoms with E-state index in [4.69, 9.17) is 17.3 Å². The number of fused-ring (bicyclic) bond motifs is 1. The number of benzene rings is 2. The van der Waals surface area contributed by atoms with Crippen LogP contribution in [0.15, 0.2) is 48.5 Å². The molecule has 3 nitrogen and oxygen atoms in total. The first-order valence-corrected chi connectivity index (χ1v) is 7.64. The van der Waals surface area contributed by atoms with E-state index in [-0.39, 0.29) is 5.91 Å². The molecule has 0 saturated heterocycles. The molecule has 0 aliphatic rings. The highest BCUT2D eigenvalue weighted by Crippen LogP contribution is 2.35. The average Bonchev–Trinajstić information content (AvgIpc) is 2.82. The predicted molar refractivity (Wildman–Crippen MR) is 88.9 cm³/mol. The first-order chi connectivity index (χ1) is 10.1. The summed E-state index contributed by atoms with van der Waals surface area (Å²) >= 11 is 7.33. The van der Waals surface area contributed by atoms with E-state index < -0.39 is 0 Å². The molecule has 1 aromatic heterocycles. The van der Waals surface area contributed by atoms with Gasteiger partial charge >= 0.3 is 0 Å². The van der Waals surface area contributed by atoms with Crippen LogP contribution in [-0.4, -0.2) is 5.91 Å². The van der Waals surface area contributed by atoms with Crippen LogP contribution >= 0.6 is 22.9 Å². The zero-order valence-electron chi connectivity index (χ0n) is 11.1. The van der Waals surface area contributed by atoms with Gasteiger partial charge in [-0.2, -0.15) is 0 Å². The van der Waals surface area contributed by atoms with Crippen molar-refractivity contribution in [2.75, 3.05) is 5.73 Å². The molecule has 106 valence electrons. The van der Waals surface area contributed by atoms with Crippen LogP contribution in [-0.2, 0) is 6.54 Å². The lowest BCUT2D eigenvalue weighted by Crippen LogP contribution is -2.22. The fourth-order valence-electron chi connectivity index (χ4n) is 2.12. The van der Waals surface area contributed by atoms with E-state index in [0.29, 0.717) is 22.1 Å². The summed E-state index contributed by atoms with van der Waals surface area (Å²) in [4.78, 5) is 12.8. The van der Waals surface area contributed by atoms with E-state index in [1.807, 2.05) is 42.5 Å². The molecule has 2 aromatic carbocycles. The molecule has 1 heterocycles. The molecular weight excluding hydrogens is 304 g/mol. The van der Waals surface area contributed by atoms with Gasteiger partial charge in [-0.05, 0) is 23.8 Å². The summed E-state index contributed by atoms with van der Waals surface area (Å²) in [6.07, 6.45) is 0. The van der Waals surface area contributed by atoms with Crippen molar-refractivity contribution in [3.8, 4) is 0 Å². The Morgan fingerprint density at radius 2 is 1.95 bits per heavy atom. The standard InChI is InChI=1S/C16H13ClN2OS/c17-11-6-7-12-13(8-11)21-15(14(12)18)16(20)19-9-10-4-2-1-3-5-10/h1-8H,9,18H2,(H,19,20). The van der Waals surface area contributed by atoms with E-state index in [9.17, 15) is 4.79 Å². The topological polar surface area (TPSA) is 55.1 Å². The summed E-state index contributed by atoms with van der Waals surface area (Å²) in [6.45, 7) is 0.480. The lowest BCUT2D eigenvalue weighted by atomic mass is 10.2. The highest BCUT2D eigenvalue weighted by molar-refractivity contribution is 7.21. The number of amides is 1. The third kappa shape index (κ3) is 2.86. The average molecular weight is 317 g/mol. The van der Waals surface area contributed by atoms with E-state index in [0.717, 1.165) is 15.6 Å². The normalized spacial score (nSPS) is 10.7. The fraction of sp³-hybridized carbons (Fsp3) is 0.0625. The molecule has 5 heteroatoms. The molecular formula is C16H13ClN2OS. The number of hydrogen-bond acceptors (Lipinski definition) is 3. The number of carbonyl (C=O) groups is 1. The highest BCUT2D eigenvalue weighted by atomic mass is 35.5. The maximum atomic E-state index is 12.3. The molecule has 0 radical (unpaired) electrons. The van der Waals surface area contributed by atoms with E-state index in [1.165, 1.54) is 11.3 Å². The Hall–Kier alpha value is -2.04. The van der Waals surface area contributed by atoms with E-state index in [2.05, 4.69) is 5.32 Å². The Labute approximate surface area is 131 Å². The first-order valence-electron chi connectivity index (χ1n) is 6.45. The van der Waals surface area contributed by atoms with Gasteiger partial charge in [-0.15, -0.1) is 11.3 Å². The van der Waals surface area contributed by atoms with E-state index in [1.54, 1.807) is 6.07 Å². The SMILES string of the molecule is Nc1c(C(=O)NCc2ccccc2)sc2cc(Cl)ccc12. The lowest BCUT2D eigenvalue weighted by Gasteiger charge is -2.04. The molecule has 0 spiro atoms. The van der Waals surface area contributed by atoms with Gasteiger partial charge in [0.25, 0.3) is 5.91 Å². The van der Waals surface area contributed by atoms with Crippen molar-refractivity contribution < 1.29 is 4.79 Å². The summed E-state index contributed by atoms with van der Waals surface area (Å²) < 4.78 is 0.921. The minimum absolute atomic E-state index is 0.159. The Bertz CT molecular complexity index is 799. The van der Waals surface area contributed by atoms with Crippen LogP contribution in [0.5, 0.6) is 0 Å². The van der Waals surface area contributed by atoms with Crippen LogP contribution in [0.25, 0.3) is 10.1 Å². The Kier molecular flexibility index (Phi) is 3.82. The number of nitrogen functional groups attached to an aromatic ring is 1. The summed E-state index contributed by atoms with van der Waals surface area (Å²) in [7, 11) is 0. The van der Waals surface area contributed by atoms with Crippen LogP contribution in [0.3, 0.4) is 0 Å². The number of nitrogens with two attached hydrogens (primary N) is 1. The number of hydrogen-bond donors (Lipinski definition) is 2. The fourth-order valence-corrected chi connectivity index (χ4v) is 3.43. The molecule has 0 aliphatic carbocycles. The minimum Gasteiger partial charge on any atom is -0.397 e. The molecule has 0 unspecified atom stereocenters. The zero-order chi connectivity index (χ0) is 14.8. The molecule has 3 N–H and O–H groups in total. The van der Waals surface area contributed by atoms with Crippen molar-refractivity contribution in [1.82, 2.24) is 5.32 Å². The lowest BCUT2D eigenvalue weighted by molar-refractivity contribution is 0.0956. The number of anilines is 1. The van der Waals surface area contributed by atoms with Crippen molar-refractivity contribution >= 4 is 44.6 Å². The third-order valence-electron chi connectivity index (χ3n) is 3.19. The summed E-state index contributed by atoms with van der Waals surface area (Å²) in [6, 6.07) is 15.2. The first kappa shape index (κ1) is 13.9. The summed E-state index contributed by atoms with van der Waals surface area (Å²) in [5.41, 5.74) is 7.63. The minimum atomic E-state index is -0.159. The predicted octanol–water partition coefficient (Wildman–Crippen LogP) is 4.07. The van der Waals surface area contributed by atoms with Crippen molar-refractivity contribution in [1.29, 1.82) is 0 Å². The van der Waals surface area contributed by atoms with Gasteiger partial charge in [-0.1, -0.05) is 41.9 Å². The summed E-state index contributed by atoms with van der Waals surface area (Å²) in [5.74, 6) is -0.159. The van der Waals surface area contributed by atoms with Gasteiger partial charge in [0.2, 0.25) is 0 Å². The van der Waals surface area contributed by atoms with Crippen LogP contribution in [0.4, 0.5) is 5.69 Å². The Morgan fingerprint density at radius 3 is 2.71 bits per heavy atom. The smallest absolute Gasteiger partial charge is 0.263 e. The van der Waals surface area contributed by atoms with Crippen molar-refractivity contribution in [3.63, 3.8) is 0 Å². The molecule has 3 rings (SSSR count). The van der Waals surface area contributed by atoms with Gasteiger partial charge in [0.1, 0.15) is 4.88 Å². The number of nitrogens with one attached hydrogen (secondary N) is 1. The zero-order valence-corrected chi connectivity index (χ0v) is 12.7. The molecule has 0 saturated carbocycles. The van der Waals surface area contributed by atoms with Gasteiger partial charge < -0.3 is 11.1 Å². The number of carbonyl (C=O) groups excluding carboxylic acids is 1. The Morgan fingerprint density at radius 1 is 1.19 bits per heavy atom.